The first-order chi connectivity index (χ1) is 9.19. The van der Waals surface area contributed by atoms with Crippen LogP contribution in [-0.4, -0.2) is 49.2 Å². The summed E-state index contributed by atoms with van der Waals surface area (Å²) in [5.41, 5.74) is 0. The number of nitrogens with one attached hydrogen (secondary N) is 1. The van der Waals surface area contributed by atoms with Crippen LogP contribution in [0.3, 0.4) is 0 Å². The van der Waals surface area contributed by atoms with Crippen molar-refractivity contribution in [3.05, 3.63) is 24.3 Å². The molecule has 0 aliphatic heterocycles. The molecule has 0 aromatic heterocycles. The third kappa shape index (κ3) is 5.92. The summed E-state index contributed by atoms with van der Waals surface area (Å²) < 4.78 is 10.6. The number of ether oxygens (including phenoxy) is 2. The van der Waals surface area contributed by atoms with Crippen LogP contribution in [0.1, 0.15) is 13.3 Å². The molecule has 1 rings (SSSR count). The van der Waals surface area contributed by atoms with E-state index in [0.29, 0.717) is 12.3 Å². The van der Waals surface area contributed by atoms with Gasteiger partial charge in [0.15, 0.2) is 0 Å². The first-order valence-corrected chi connectivity index (χ1v) is 6.48. The highest BCUT2D eigenvalue weighted by Crippen LogP contribution is 2.18. The normalized spacial score (nSPS) is 13.9. The van der Waals surface area contributed by atoms with Crippen LogP contribution < -0.4 is 14.8 Å². The van der Waals surface area contributed by atoms with Crippen LogP contribution in [0.2, 0.25) is 0 Å². The van der Waals surface area contributed by atoms with Crippen molar-refractivity contribution in [3.63, 3.8) is 0 Å². The largest absolute Gasteiger partial charge is 0.497 e. The average Bonchev–Trinajstić information content (AvgIpc) is 2.46. The zero-order valence-electron chi connectivity index (χ0n) is 11.5. The van der Waals surface area contributed by atoms with E-state index < -0.39 is 6.10 Å². The predicted molar refractivity (Wildman–Crippen MR) is 73.7 cm³/mol. The molecule has 0 amide bonds. The molecule has 1 aromatic carbocycles. The van der Waals surface area contributed by atoms with Crippen LogP contribution in [0.25, 0.3) is 0 Å². The van der Waals surface area contributed by atoms with Gasteiger partial charge in [-0.05, 0) is 18.6 Å². The van der Waals surface area contributed by atoms with Crippen molar-refractivity contribution in [2.45, 2.75) is 25.5 Å². The molecule has 5 nitrogen and oxygen atoms in total. The lowest BCUT2D eigenvalue weighted by Gasteiger charge is -2.18. The van der Waals surface area contributed by atoms with Gasteiger partial charge in [-0.3, -0.25) is 0 Å². The Kier molecular flexibility index (Phi) is 7.25. The van der Waals surface area contributed by atoms with Crippen molar-refractivity contribution < 1.29 is 19.7 Å². The Hall–Kier alpha value is -1.30. The molecule has 3 N–H and O–H groups in total. The number of benzene rings is 1. The number of hydrogen-bond donors (Lipinski definition) is 3. The summed E-state index contributed by atoms with van der Waals surface area (Å²) in [6.45, 7) is 2.64. The molecule has 19 heavy (non-hydrogen) atoms. The van der Waals surface area contributed by atoms with Crippen LogP contribution in [0.4, 0.5) is 0 Å². The fourth-order valence-corrected chi connectivity index (χ4v) is 1.58. The smallest absolute Gasteiger partial charge is 0.123 e. The maximum Gasteiger partial charge on any atom is 0.123 e. The summed E-state index contributed by atoms with van der Waals surface area (Å²) in [6, 6.07) is 7.26. The van der Waals surface area contributed by atoms with Crippen molar-refractivity contribution in [2.75, 3.05) is 26.9 Å². The van der Waals surface area contributed by atoms with Crippen LogP contribution >= 0.6 is 0 Å². The Morgan fingerprint density at radius 3 is 2.68 bits per heavy atom. The lowest BCUT2D eigenvalue weighted by Crippen LogP contribution is -2.39. The van der Waals surface area contributed by atoms with E-state index in [9.17, 15) is 5.11 Å². The third-order valence-corrected chi connectivity index (χ3v) is 2.84. The molecule has 0 aliphatic rings. The monoisotopic (exact) mass is 269 g/mol. The molecule has 108 valence electrons. The molecule has 5 heteroatoms. The molecule has 1 aromatic rings. The second-order valence-corrected chi connectivity index (χ2v) is 4.34. The van der Waals surface area contributed by atoms with E-state index >= 15 is 0 Å². The third-order valence-electron chi connectivity index (χ3n) is 2.84. The lowest BCUT2D eigenvalue weighted by atomic mass is 10.2. The van der Waals surface area contributed by atoms with Crippen molar-refractivity contribution in [2.24, 2.45) is 0 Å². The van der Waals surface area contributed by atoms with E-state index in [1.165, 1.54) is 0 Å². The van der Waals surface area contributed by atoms with Gasteiger partial charge in [0.2, 0.25) is 0 Å². The SMILES string of the molecule is CCC(CO)NCC(O)COc1cccc(OC)c1. The van der Waals surface area contributed by atoms with Gasteiger partial charge in [0, 0.05) is 18.7 Å². The molecule has 0 saturated heterocycles. The van der Waals surface area contributed by atoms with E-state index in [4.69, 9.17) is 14.6 Å². The highest BCUT2D eigenvalue weighted by Gasteiger charge is 2.09. The lowest BCUT2D eigenvalue weighted by molar-refractivity contribution is 0.0993. The van der Waals surface area contributed by atoms with E-state index in [-0.39, 0.29) is 19.3 Å². The van der Waals surface area contributed by atoms with Gasteiger partial charge in [-0.1, -0.05) is 13.0 Å². The Balaban J connectivity index is 2.31. The van der Waals surface area contributed by atoms with Crippen molar-refractivity contribution in [1.82, 2.24) is 5.32 Å². The zero-order chi connectivity index (χ0) is 14.1. The molecule has 0 radical (unpaired) electrons. The number of aliphatic hydroxyl groups is 2. The standard InChI is InChI=1S/C14H23NO4/c1-3-11(9-16)15-8-12(17)10-19-14-6-4-5-13(7-14)18-2/h4-7,11-12,15-17H,3,8-10H2,1-2H3. The Morgan fingerprint density at radius 2 is 2.05 bits per heavy atom. The first kappa shape index (κ1) is 15.8. The molecular formula is C14H23NO4. The quantitative estimate of drug-likeness (QED) is 0.618. The van der Waals surface area contributed by atoms with E-state index in [1.807, 2.05) is 25.1 Å². The average molecular weight is 269 g/mol. The summed E-state index contributed by atoms with van der Waals surface area (Å²) in [5, 5.41) is 21.9. The van der Waals surface area contributed by atoms with Crippen molar-refractivity contribution >= 4 is 0 Å². The van der Waals surface area contributed by atoms with Gasteiger partial charge in [-0.15, -0.1) is 0 Å². The van der Waals surface area contributed by atoms with Crippen LogP contribution in [0.5, 0.6) is 11.5 Å². The predicted octanol–water partition coefficient (Wildman–Crippen LogP) is 0.795. The molecule has 2 atom stereocenters. The first-order valence-electron chi connectivity index (χ1n) is 6.48. The molecule has 0 fully saturated rings. The Morgan fingerprint density at radius 1 is 1.32 bits per heavy atom. The molecular weight excluding hydrogens is 246 g/mol. The number of methoxy groups -OCH3 is 1. The van der Waals surface area contributed by atoms with E-state index in [1.54, 1.807) is 13.2 Å². The molecule has 0 saturated carbocycles. The summed E-state index contributed by atoms with van der Waals surface area (Å²) in [4.78, 5) is 0. The number of aliphatic hydroxyl groups excluding tert-OH is 2. The molecule has 2 unspecified atom stereocenters. The van der Waals surface area contributed by atoms with E-state index in [2.05, 4.69) is 5.32 Å². The molecule has 0 heterocycles. The highest BCUT2D eigenvalue weighted by molar-refractivity contribution is 5.32. The summed E-state index contributed by atoms with van der Waals surface area (Å²) in [7, 11) is 1.59. The minimum atomic E-state index is -0.619. The Bertz CT molecular complexity index is 355. The van der Waals surface area contributed by atoms with Gasteiger partial charge in [0.1, 0.15) is 24.2 Å². The zero-order valence-corrected chi connectivity index (χ0v) is 11.5. The van der Waals surface area contributed by atoms with Crippen molar-refractivity contribution in [3.8, 4) is 11.5 Å². The Labute approximate surface area is 114 Å². The second kappa shape index (κ2) is 8.74. The fraction of sp³-hybridized carbons (Fsp3) is 0.571. The maximum atomic E-state index is 9.78. The number of rotatable bonds is 9. The minimum absolute atomic E-state index is 0.0199. The van der Waals surface area contributed by atoms with Crippen LogP contribution in [0, 0.1) is 0 Å². The minimum Gasteiger partial charge on any atom is -0.497 e. The number of hydrogen-bond acceptors (Lipinski definition) is 5. The fourth-order valence-electron chi connectivity index (χ4n) is 1.58. The molecule has 0 spiro atoms. The van der Waals surface area contributed by atoms with Crippen LogP contribution in [-0.2, 0) is 0 Å². The molecule has 0 aliphatic carbocycles. The molecule has 0 bridgehead atoms. The highest BCUT2D eigenvalue weighted by atomic mass is 16.5. The van der Waals surface area contributed by atoms with Gasteiger partial charge in [-0.2, -0.15) is 0 Å². The van der Waals surface area contributed by atoms with Crippen LogP contribution in [0.15, 0.2) is 24.3 Å². The van der Waals surface area contributed by atoms with Gasteiger partial charge in [0.05, 0.1) is 13.7 Å². The second-order valence-electron chi connectivity index (χ2n) is 4.34. The maximum absolute atomic E-state index is 9.78. The van der Waals surface area contributed by atoms with E-state index in [0.717, 1.165) is 12.2 Å². The summed E-state index contributed by atoms with van der Waals surface area (Å²) in [6.07, 6.45) is 0.201. The van der Waals surface area contributed by atoms with Gasteiger partial charge >= 0.3 is 0 Å². The topological polar surface area (TPSA) is 71.0 Å². The summed E-state index contributed by atoms with van der Waals surface area (Å²) >= 11 is 0. The van der Waals surface area contributed by atoms with Gasteiger partial charge in [-0.25, -0.2) is 0 Å². The van der Waals surface area contributed by atoms with Gasteiger partial charge < -0.3 is 25.0 Å². The summed E-state index contributed by atoms with van der Waals surface area (Å²) in [5.74, 6) is 1.38. The van der Waals surface area contributed by atoms with Gasteiger partial charge in [0.25, 0.3) is 0 Å². The van der Waals surface area contributed by atoms with Crippen molar-refractivity contribution in [1.29, 1.82) is 0 Å².